The number of hydrogen-bond donors (Lipinski definition) is 0. The van der Waals surface area contributed by atoms with Gasteiger partial charge in [-0.25, -0.2) is 0 Å². The summed E-state index contributed by atoms with van der Waals surface area (Å²) in [5.41, 5.74) is 15.3. The molecule has 0 spiro atoms. The van der Waals surface area contributed by atoms with E-state index in [1.54, 1.807) is 0 Å². The highest BCUT2D eigenvalue weighted by atomic mass is 32.1. The van der Waals surface area contributed by atoms with Gasteiger partial charge in [-0.05, 0) is 115 Å². The second kappa shape index (κ2) is 13.9. The SMILES string of the molecule is c1ccc(-c2cc3ccccc3n2-c2ccc3sc4ccc(-n5c6ccc(-n7c8ccccc8c8ccccc87)cc6c6cc(-n7c8ccccc8c8ccccc87)ccc65)cc4c3c2)cc1. The number of benzene rings is 10. The maximum absolute atomic E-state index is 2.48. The molecule has 312 valence electrons. The first kappa shape index (κ1) is 36.7. The second-order valence-corrected chi connectivity index (χ2v) is 18.8. The highest BCUT2D eigenvalue weighted by molar-refractivity contribution is 7.25. The van der Waals surface area contributed by atoms with E-state index < -0.39 is 0 Å². The Morgan fingerprint density at radius 2 is 0.597 bits per heavy atom. The van der Waals surface area contributed by atoms with Gasteiger partial charge in [-0.3, -0.25) is 0 Å². The molecule has 5 aromatic heterocycles. The van der Waals surface area contributed by atoms with Crippen LogP contribution in [0.1, 0.15) is 0 Å². The van der Waals surface area contributed by atoms with Crippen molar-refractivity contribution in [1.29, 1.82) is 0 Å². The number of thiophene rings is 1. The third-order valence-corrected chi connectivity index (χ3v) is 15.3. The van der Waals surface area contributed by atoms with Crippen molar-refractivity contribution in [3.8, 4) is 34.0 Å². The zero-order valence-electron chi connectivity index (χ0n) is 36.1. The topological polar surface area (TPSA) is 19.7 Å². The first-order chi connectivity index (χ1) is 33.2. The van der Waals surface area contributed by atoms with Crippen molar-refractivity contribution in [2.24, 2.45) is 0 Å². The van der Waals surface area contributed by atoms with Crippen LogP contribution in [0.2, 0.25) is 0 Å². The van der Waals surface area contributed by atoms with E-state index in [0.29, 0.717) is 0 Å². The summed E-state index contributed by atoms with van der Waals surface area (Å²) >= 11 is 1.87. The average molecular weight is 871 g/mol. The summed E-state index contributed by atoms with van der Waals surface area (Å²) in [6.07, 6.45) is 0. The van der Waals surface area contributed by atoms with Gasteiger partial charge in [0.25, 0.3) is 0 Å². The maximum Gasteiger partial charge on any atom is 0.0542 e. The first-order valence-electron chi connectivity index (χ1n) is 22.9. The van der Waals surface area contributed by atoms with E-state index in [1.165, 1.54) is 108 Å². The van der Waals surface area contributed by atoms with Crippen LogP contribution in [0.5, 0.6) is 0 Å². The van der Waals surface area contributed by atoms with Crippen LogP contribution in [0, 0.1) is 0 Å². The normalized spacial score (nSPS) is 12.2. The van der Waals surface area contributed by atoms with Crippen LogP contribution in [-0.2, 0) is 0 Å². The molecule has 5 heteroatoms. The second-order valence-electron chi connectivity index (χ2n) is 17.7. The van der Waals surface area contributed by atoms with Crippen LogP contribution < -0.4 is 0 Å². The van der Waals surface area contributed by atoms with E-state index in [2.05, 4.69) is 249 Å². The summed E-state index contributed by atoms with van der Waals surface area (Å²) in [6.45, 7) is 0. The molecule has 0 aliphatic rings. The molecule has 5 heterocycles. The Bertz CT molecular complexity index is 4240. The predicted molar refractivity (Wildman–Crippen MR) is 285 cm³/mol. The van der Waals surface area contributed by atoms with E-state index in [0.717, 1.165) is 22.7 Å². The lowest BCUT2D eigenvalue weighted by atomic mass is 10.1. The van der Waals surface area contributed by atoms with Gasteiger partial charge in [-0.15, -0.1) is 11.3 Å². The van der Waals surface area contributed by atoms with Crippen LogP contribution >= 0.6 is 11.3 Å². The Morgan fingerprint density at radius 3 is 1.07 bits per heavy atom. The summed E-state index contributed by atoms with van der Waals surface area (Å²) in [5, 5.41) is 11.2. The quantitative estimate of drug-likeness (QED) is 0.164. The largest absolute Gasteiger partial charge is 0.309 e. The van der Waals surface area contributed by atoms with Crippen molar-refractivity contribution in [3.63, 3.8) is 0 Å². The van der Waals surface area contributed by atoms with E-state index in [4.69, 9.17) is 0 Å². The molecule has 10 aromatic carbocycles. The number of fused-ring (bicyclic) bond motifs is 13. The molecule has 0 saturated heterocycles. The van der Waals surface area contributed by atoms with Crippen molar-refractivity contribution in [1.82, 2.24) is 18.3 Å². The molecular formula is C62H38N4S. The van der Waals surface area contributed by atoms with Gasteiger partial charge in [0.2, 0.25) is 0 Å². The van der Waals surface area contributed by atoms with Crippen LogP contribution in [-0.4, -0.2) is 18.3 Å². The van der Waals surface area contributed by atoms with Gasteiger partial charge in [0.1, 0.15) is 0 Å². The van der Waals surface area contributed by atoms with E-state index >= 15 is 0 Å². The molecule has 0 fully saturated rings. The smallest absolute Gasteiger partial charge is 0.0542 e. The lowest BCUT2D eigenvalue weighted by Gasteiger charge is -2.12. The average Bonchev–Trinajstić information content (AvgIpc) is 4.20. The fraction of sp³-hybridized carbons (Fsp3) is 0. The molecule has 0 bridgehead atoms. The molecule has 0 aliphatic heterocycles. The van der Waals surface area contributed by atoms with Gasteiger partial charge in [-0.1, -0.05) is 121 Å². The van der Waals surface area contributed by atoms with E-state index in [1.807, 2.05) is 11.3 Å². The zero-order chi connectivity index (χ0) is 43.7. The highest BCUT2D eigenvalue weighted by Crippen LogP contribution is 2.43. The fourth-order valence-electron chi connectivity index (χ4n) is 11.2. The lowest BCUT2D eigenvalue weighted by Crippen LogP contribution is -1.97. The Morgan fingerprint density at radius 1 is 0.239 bits per heavy atom. The minimum atomic E-state index is 1.14. The van der Waals surface area contributed by atoms with Crippen molar-refractivity contribution in [2.45, 2.75) is 0 Å². The summed E-state index contributed by atoms with van der Waals surface area (Å²) in [5.74, 6) is 0. The van der Waals surface area contributed by atoms with Gasteiger partial charge < -0.3 is 18.3 Å². The zero-order valence-corrected chi connectivity index (χ0v) is 37.0. The monoisotopic (exact) mass is 870 g/mol. The van der Waals surface area contributed by atoms with Gasteiger partial charge >= 0.3 is 0 Å². The first-order valence-corrected chi connectivity index (χ1v) is 23.7. The predicted octanol–water partition coefficient (Wildman–Crippen LogP) is 17.0. The standard InChI is InChI=1S/C62H38N4S/c1-2-14-39(15-3-1)60-34-40-16-4-9-21-53(40)63(60)43-28-32-61-51(37-43)52-38-44(29-33-62(52)67-61)66-58-30-26-41(64-54-22-10-5-17-45(54)46-18-6-11-23-55(46)64)35-49(58)50-36-42(27-31-59(50)66)65-56-24-12-7-19-47(56)48-20-8-13-25-57(48)65/h1-38H. The minimum absolute atomic E-state index is 1.14. The Kier molecular flexibility index (Phi) is 7.63. The van der Waals surface area contributed by atoms with Crippen LogP contribution in [0.15, 0.2) is 231 Å². The molecule has 4 nitrogen and oxygen atoms in total. The third kappa shape index (κ3) is 5.29. The Labute approximate surface area is 388 Å². The molecule has 15 rings (SSSR count). The van der Waals surface area contributed by atoms with Crippen LogP contribution in [0.4, 0.5) is 0 Å². The molecule has 15 aromatic rings. The lowest BCUT2D eigenvalue weighted by molar-refractivity contribution is 1.14. The van der Waals surface area contributed by atoms with Crippen molar-refractivity contribution >= 4 is 108 Å². The van der Waals surface area contributed by atoms with Crippen molar-refractivity contribution < 1.29 is 0 Å². The van der Waals surface area contributed by atoms with Crippen LogP contribution in [0.3, 0.4) is 0 Å². The summed E-state index contributed by atoms with van der Waals surface area (Å²) < 4.78 is 12.3. The molecule has 0 atom stereocenters. The summed E-state index contributed by atoms with van der Waals surface area (Å²) in [7, 11) is 0. The van der Waals surface area contributed by atoms with Crippen molar-refractivity contribution in [3.05, 3.63) is 231 Å². The molecule has 0 saturated carbocycles. The molecule has 0 radical (unpaired) electrons. The van der Waals surface area contributed by atoms with E-state index in [9.17, 15) is 0 Å². The van der Waals surface area contributed by atoms with Crippen molar-refractivity contribution in [2.75, 3.05) is 0 Å². The van der Waals surface area contributed by atoms with Gasteiger partial charge in [0.15, 0.2) is 0 Å². The number of nitrogens with zero attached hydrogens (tertiary/aromatic N) is 4. The van der Waals surface area contributed by atoms with Gasteiger partial charge in [-0.2, -0.15) is 0 Å². The summed E-state index contributed by atoms with van der Waals surface area (Å²) in [6, 6.07) is 85.1. The molecule has 0 aliphatic carbocycles. The fourth-order valence-corrected chi connectivity index (χ4v) is 12.3. The number of para-hydroxylation sites is 5. The molecule has 0 N–H and O–H groups in total. The Balaban J connectivity index is 0.976. The molecular weight excluding hydrogens is 833 g/mol. The minimum Gasteiger partial charge on any atom is -0.309 e. The highest BCUT2D eigenvalue weighted by Gasteiger charge is 2.20. The Hall–Kier alpha value is -8.64. The number of rotatable bonds is 5. The van der Waals surface area contributed by atoms with Gasteiger partial charge in [0.05, 0.1) is 44.3 Å². The molecule has 0 amide bonds. The molecule has 0 unspecified atom stereocenters. The molecule has 67 heavy (non-hydrogen) atoms. The van der Waals surface area contributed by atoms with Crippen LogP contribution in [0.25, 0.3) is 130 Å². The summed E-state index contributed by atoms with van der Waals surface area (Å²) in [4.78, 5) is 0. The number of aromatic nitrogens is 4. The van der Waals surface area contributed by atoms with Gasteiger partial charge in [0, 0.05) is 80.6 Å². The van der Waals surface area contributed by atoms with E-state index in [-0.39, 0.29) is 0 Å². The third-order valence-electron chi connectivity index (χ3n) is 14.1. The number of hydrogen-bond acceptors (Lipinski definition) is 1. The maximum atomic E-state index is 2.48.